The lowest BCUT2D eigenvalue weighted by Gasteiger charge is -2.15. The van der Waals surface area contributed by atoms with Crippen LogP contribution in [0.1, 0.15) is 17.5 Å². The van der Waals surface area contributed by atoms with E-state index in [1.807, 2.05) is 18.2 Å². The van der Waals surface area contributed by atoms with Gasteiger partial charge in [0.2, 0.25) is 5.91 Å². The van der Waals surface area contributed by atoms with E-state index in [0.29, 0.717) is 18.9 Å². The number of rotatable bonds is 12. The zero-order valence-electron chi connectivity index (χ0n) is 16.1. The van der Waals surface area contributed by atoms with Crippen LogP contribution in [0.2, 0.25) is 0 Å². The number of primary amides is 1. The Balaban J connectivity index is 1.75. The van der Waals surface area contributed by atoms with Crippen LogP contribution in [0.25, 0.3) is 0 Å². The van der Waals surface area contributed by atoms with Gasteiger partial charge in [-0.3, -0.25) is 14.3 Å². The summed E-state index contributed by atoms with van der Waals surface area (Å²) in [5.41, 5.74) is 7.05. The van der Waals surface area contributed by atoms with Gasteiger partial charge in [0, 0.05) is 6.54 Å². The quantitative estimate of drug-likeness (QED) is 0.397. The molecule has 2 rings (SSSR count). The average molecular weight is 424 g/mol. The topological polar surface area (TPSA) is 108 Å². The highest BCUT2D eigenvalue weighted by Gasteiger charge is 2.17. The van der Waals surface area contributed by atoms with Crippen molar-refractivity contribution in [1.29, 1.82) is 0 Å². The monoisotopic (exact) mass is 424 g/mol. The van der Waals surface area contributed by atoms with Gasteiger partial charge in [-0.15, -0.1) is 0 Å². The first-order chi connectivity index (χ1) is 13.7. The Bertz CT molecular complexity index is 903. The van der Waals surface area contributed by atoms with Crippen LogP contribution in [0.15, 0.2) is 48.5 Å². The maximum absolute atomic E-state index is 13.1. The Morgan fingerprint density at radius 2 is 1.90 bits per heavy atom. The van der Waals surface area contributed by atoms with Gasteiger partial charge in [0.1, 0.15) is 17.6 Å². The summed E-state index contributed by atoms with van der Waals surface area (Å²) in [5.74, 6) is -0.249. The highest BCUT2D eigenvalue weighted by molar-refractivity contribution is 7.85. The van der Waals surface area contributed by atoms with Crippen molar-refractivity contribution in [3.8, 4) is 5.75 Å². The number of nitrogens with two attached hydrogens (primary N) is 1. The second-order valence-corrected chi connectivity index (χ2v) is 8.19. The van der Waals surface area contributed by atoms with Crippen LogP contribution in [0.4, 0.5) is 4.39 Å². The van der Waals surface area contributed by atoms with E-state index < -0.39 is 22.1 Å². The summed E-state index contributed by atoms with van der Waals surface area (Å²) in [6.07, 6.45) is 2.39. The van der Waals surface area contributed by atoms with E-state index in [1.165, 1.54) is 12.1 Å². The van der Waals surface area contributed by atoms with Gasteiger partial charge in [-0.25, -0.2) is 4.39 Å². The van der Waals surface area contributed by atoms with Gasteiger partial charge in [-0.2, -0.15) is 8.42 Å². The van der Waals surface area contributed by atoms with Crippen LogP contribution in [0.5, 0.6) is 5.75 Å². The number of ether oxygens (including phenoxy) is 1. The van der Waals surface area contributed by atoms with Crippen LogP contribution in [0, 0.1) is 5.82 Å². The second kappa shape index (κ2) is 10.9. The van der Waals surface area contributed by atoms with Crippen molar-refractivity contribution in [3.63, 3.8) is 0 Å². The second-order valence-electron chi connectivity index (χ2n) is 6.55. The molecule has 158 valence electrons. The van der Waals surface area contributed by atoms with Crippen molar-refractivity contribution < 1.29 is 26.5 Å². The normalized spacial score (nSPS) is 12.5. The maximum atomic E-state index is 13.1. The van der Waals surface area contributed by atoms with Gasteiger partial charge in [0.25, 0.3) is 10.1 Å². The Morgan fingerprint density at radius 3 is 2.52 bits per heavy atom. The number of halogens is 1. The minimum Gasteiger partial charge on any atom is -0.494 e. The number of nitrogens with one attached hydrogen (secondary N) is 1. The Kier molecular flexibility index (Phi) is 8.56. The number of carbonyl (C=O) groups is 1. The highest BCUT2D eigenvalue weighted by Crippen LogP contribution is 2.13. The number of hydrogen-bond donors (Lipinski definition) is 2. The van der Waals surface area contributed by atoms with Crippen LogP contribution < -0.4 is 15.8 Å². The molecule has 0 bridgehead atoms. The van der Waals surface area contributed by atoms with Gasteiger partial charge in [-0.05, 0) is 48.2 Å². The van der Waals surface area contributed by atoms with E-state index in [0.717, 1.165) is 30.2 Å². The van der Waals surface area contributed by atoms with Gasteiger partial charge in [0.15, 0.2) is 0 Å². The lowest BCUT2D eigenvalue weighted by molar-refractivity contribution is -0.120. The van der Waals surface area contributed by atoms with Gasteiger partial charge in [-0.1, -0.05) is 24.3 Å². The van der Waals surface area contributed by atoms with E-state index in [2.05, 4.69) is 9.50 Å². The molecule has 0 aliphatic carbocycles. The van der Waals surface area contributed by atoms with E-state index in [-0.39, 0.29) is 12.4 Å². The third-order valence-electron chi connectivity index (χ3n) is 4.04. The molecule has 9 heteroatoms. The Morgan fingerprint density at radius 1 is 1.17 bits per heavy atom. The van der Waals surface area contributed by atoms with Crippen LogP contribution in [0.3, 0.4) is 0 Å². The molecule has 0 heterocycles. The summed E-state index contributed by atoms with van der Waals surface area (Å²) in [7, 11) is -3.66. The third-order valence-corrected chi connectivity index (χ3v) is 4.60. The van der Waals surface area contributed by atoms with E-state index in [9.17, 15) is 17.6 Å². The summed E-state index contributed by atoms with van der Waals surface area (Å²) in [6.45, 7) is 0.446. The summed E-state index contributed by atoms with van der Waals surface area (Å²) in [4.78, 5) is 11.4. The van der Waals surface area contributed by atoms with Crippen LogP contribution in [-0.2, 0) is 32.1 Å². The Labute approximate surface area is 170 Å². The molecule has 0 aliphatic heterocycles. The van der Waals surface area contributed by atoms with Crippen molar-refractivity contribution in [1.82, 2.24) is 5.32 Å². The molecule has 1 amide bonds. The van der Waals surface area contributed by atoms with Gasteiger partial charge >= 0.3 is 0 Å². The van der Waals surface area contributed by atoms with Crippen molar-refractivity contribution in [2.24, 2.45) is 5.73 Å². The first kappa shape index (κ1) is 22.8. The number of amides is 1. The average Bonchev–Trinajstić information content (AvgIpc) is 2.65. The molecule has 0 aliphatic rings. The minimum absolute atomic E-state index is 0.242. The fraction of sp³-hybridized carbons (Fsp3) is 0.350. The predicted molar refractivity (Wildman–Crippen MR) is 107 cm³/mol. The van der Waals surface area contributed by atoms with Crippen molar-refractivity contribution in [2.45, 2.75) is 25.4 Å². The molecule has 0 fully saturated rings. The molecule has 2 aromatic rings. The zero-order chi connectivity index (χ0) is 21.3. The molecule has 1 unspecified atom stereocenters. The standard InChI is InChI=1S/C20H25FN2O5S/c1-29(25,26)28-14-19(20(22)24)23-13-16-7-9-18(10-8-16)27-11-3-5-15-4-2-6-17(21)12-15/h2,4,6-10,12,19,23H,3,5,11,13-14H2,1H3,(H2,22,24). The SMILES string of the molecule is CS(=O)(=O)OCC(NCc1ccc(OCCCc2cccc(F)c2)cc1)C(N)=O. The van der Waals surface area contributed by atoms with Crippen LogP contribution in [-0.4, -0.2) is 39.8 Å². The number of benzene rings is 2. The summed E-state index contributed by atoms with van der Waals surface area (Å²) >= 11 is 0. The minimum atomic E-state index is -3.66. The van der Waals surface area contributed by atoms with E-state index >= 15 is 0 Å². The first-order valence-corrected chi connectivity index (χ1v) is 10.9. The molecule has 0 saturated carbocycles. The van der Waals surface area contributed by atoms with Crippen molar-refractivity contribution in [2.75, 3.05) is 19.5 Å². The van der Waals surface area contributed by atoms with Crippen molar-refractivity contribution in [3.05, 3.63) is 65.5 Å². The molecule has 0 spiro atoms. The molecule has 0 saturated heterocycles. The third kappa shape index (κ3) is 9.03. The number of hydrogen-bond acceptors (Lipinski definition) is 6. The summed E-state index contributed by atoms with van der Waals surface area (Å²) < 4.78 is 45.5. The summed E-state index contributed by atoms with van der Waals surface area (Å²) in [6, 6.07) is 12.8. The fourth-order valence-corrected chi connectivity index (χ4v) is 2.92. The number of aryl methyl sites for hydroxylation is 1. The van der Waals surface area contributed by atoms with E-state index in [4.69, 9.17) is 10.5 Å². The molecule has 3 N–H and O–H groups in total. The zero-order valence-corrected chi connectivity index (χ0v) is 17.0. The largest absolute Gasteiger partial charge is 0.494 e. The lowest BCUT2D eigenvalue weighted by Crippen LogP contribution is -2.44. The fourth-order valence-electron chi connectivity index (χ4n) is 2.54. The molecular formula is C20H25FN2O5S. The molecule has 0 radical (unpaired) electrons. The van der Waals surface area contributed by atoms with Crippen LogP contribution >= 0.6 is 0 Å². The van der Waals surface area contributed by atoms with Crippen molar-refractivity contribution >= 4 is 16.0 Å². The lowest BCUT2D eigenvalue weighted by atomic mass is 10.1. The number of carbonyl (C=O) groups excluding carboxylic acids is 1. The first-order valence-electron chi connectivity index (χ1n) is 9.06. The molecule has 2 aromatic carbocycles. The molecule has 29 heavy (non-hydrogen) atoms. The maximum Gasteiger partial charge on any atom is 0.264 e. The smallest absolute Gasteiger partial charge is 0.264 e. The Hall–Kier alpha value is -2.49. The van der Waals surface area contributed by atoms with Gasteiger partial charge in [0.05, 0.1) is 19.5 Å². The highest BCUT2D eigenvalue weighted by atomic mass is 32.2. The summed E-state index contributed by atoms with van der Waals surface area (Å²) in [5, 5.41) is 2.87. The molecule has 7 nitrogen and oxygen atoms in total. The molecule has 0 aromatic heterocycles. The molecule has 1 atom stereocenters. The van der Waals surface area contributed by atoms with E-state index in [1.54, 1.807) is 18.2 Å². The van der Waals surface area contributed by atoms with Gasteiger partial charge < -0.3 is 10.5 Å². The molecular weight excluding hydrogens is 399 g/mol. The predicted octanol–water partition coefficient (Wildman–Crippen LogP) is 1.76.